The number of aryl methyl sites for hydroxylation is 1. The van der Waals surface area contributed by atoms with Gasteiger partial charge in [-0.05, 0) is 12.8 Å². The second-order valence-corrected chi connectivity index (χ2v) is 4.30. The molecule has 6 nitrogen and oxygen atoms in total. The Morgan fingerprint density at radius 3 is 2.94 bits per heavy atom. The average Bonchev–Trinajstić information content (AvgIpc) is 3.13. The number of anilines is 1. The van der Waals surface area contributed by atoms with Crippen LogP contribution >= 0.6 is 0 Å². The summed E-state index contributed by atoms with van der Waals surface area (Å²) < 4.78 is 1.49. The zero-order valence-electron chi connectivity index (χ0n) is 10.3. The van der Waals surface area contributed by atoms with Crippen molar-refractivity contribution in [1.29, 1.82) is 0 Å². The molecule has 1 aromatic heterocycles. The van der Waals surface area contributed by atoms with Crippen LogP contribution < -0.4 is 10.6 Å². The quantitative estimate of drug-likeness (QED) is 0.752. The fourth-order valence-electron chi connectivity index (χ4n) is 1.52. The van der Waals surface area contributed by atoms with Gasteiger partial charge in [-0.25, -0.2) is 0 Å². The number of hydrogen-bond acceptors (Lipinski definition) is 3. The lowest BCUT2D eigenvalue weighted by atomic mass is 10.3. The van der Waals surface area contributed by atoms with Gasteiger partial charge in [-0.2, -0.15) is 5.10 Å². The van der Waals surface area contributed by atoms with Crippen LogP contribution in [0.2, 0.25) is 0 Å². The van der Waals surface area contributed by atoms with E-state index in [1.165, 1.54) is 4.68 Å². The highest BCUT2D eigenvalue weighted by Crippen LogP contribution is 2.30. The third kappa shape index (κ3) is 2.77. The van der Waals surface area contributed by atoms with Gasteiger partial charge in [0.2, 0.25) is 5.91 Å². The van der Waals surface area contributed by atoms with E-state index in [0.717, 1.165) is 12.8 Å². The molecule has 1 heterocycles. The highest BCUT2D eigenvalue weighted by Gasteiger charge is 2.30. The molecule has 0 bridgehead atoms. The van der Waals surface area contributed by atoms with Gasteiger partial charge < -0.3 is 10.6 Å². The number of carbonyl (C=O) groups excluding carboxylic acids is 2. The van der Waals surface area contributed by atoms with E-state index in [4.69, 9.17) is 0 Å². The van der Waals surface area contributed by atoms with Crippen LogP contribution in [-0.4, -0.2) is 28.1 Å². The van der Waals surface area contributed by atoms with Gasteiger partial charge in [0, 0.05) is 25.6 Å². The van der Waals surface area contributed by atoms with Crippen LogP contribution in [0.25, 0.3) is 0 Å². The molecular formula is C12H16N4O2. The highest BCUT2D eigenvalue weighted by atomic mass is 16.2. The molecule has 0 atom stereocenters. The monoisotopic (exact) mass is 248 g/mol. The van der Waals surface area contributed by atoms with E-state index in [9.17, 15) is 9.59 Å². The molecule has 0 aromatic carbocycles. The normalized spacial score (nSPS) is 14.1. The Kier molecular flexibility index (Phi) is 3.45. The van der Waals surface area contributed by atoms with Crippen LogP contribution in [0, 0.1) is 5.92 Å². The summed E-state index contributed by atoms with van der Waals surface area (Å²) >= 11 is 0. The first-order valence-corrected chi connectivity index (χ1v) is 5.86. The Labute approximate surface area is 105 Å². The molecule has 0 spiro atoms. The molecule has 18 heavy (non-hydrogen) atoms. The SMILES string of the molecule is C=CCNC(=O)c1cc(NC(=O)C2CC2)n(C)n1. The van der Waals surface area contributed by atoms with Crippen LogP contribution in [-0.2, 0) is 11.8 Å². The lowest BCUT2D eigenvalue weighted by Gasteiger charge is -2.02. The fraction of sp³-hybridized carbons (Fsp3) is 0.417. The Morgan fingerprint density at radius 2 is 2.33 bits per heavy atom. The van der Waals surface area contributed by atoms with Crippen molar-refractivity contribution in [2.75, 3.05) is 11.9 Å². The Bertz CT molecular complexity index is 488. The second-order valence-electron chi connectivity index (χ2n) is 4.30. The minimum Gasteiger partial charge on any atom is -0.347 e. The molecule has 1 aliphatic carbocycles. The van der Waals surface area contributed by atoms with Crippen LogP contribution in [0.4, 0.5) is 5.82 Å². The maximum absolute atomic E-state index is 11.7. The Morgan fingerprint density at radius 1 is 1.61 bits per heavy atom. The standard InChI is InChI=1S/C12H16N4O2/c1-3-6-13-12(18)9-7-10(16(2)15-9)14-11(17)8-4-5-8/h3,7-8H,1,4-6H2,2H3,(H,13,18)(H,14,17). The van der Waals surface area contributed by atoms with Crippen molar-refractivity contribution in [3.8, 4) is 0 Å². The van der Waals surface area contributed by atoms with E-state index in [2.05, 4.69) is 22.3 Å². The van der Waals surface area contributed by atoms with E-state index in [0.29, 0.717) is 12.4 Å². The summed E-state index contributed by atoms with van der Waals surface area (Å²) in [5.41, 5.74) is 0.283. The summed E-state index contributed by atoms with van der Waals surface area (Å²) in [6.45, 7) is 3.91. The molecule has 1 aromatic rings. The predicted molar refractivity (Wildman–Crippen MR) is 67.1 cm³/mol. The molecule has 1 fully saturated rings. The average molecular weight is 248 g/mol. The molecule has 0 aliphatic heterocycles. The van der Waals surface area contributed by atoms with E-state index >= 15 is 0 Å². The number of amides is 2. The topological polar surface area (TPSA) is 76.0 Å². The Balaban J connectivity index is 2.03. The minimum absolute atomic E-state index is 0.00366. The van der Waals surface area contributed by atoms with Gasteiger partial charge in [0.25, 0.3) is 5.91 Å². The zero-order chi connectivity index (χ0) is 13.1. The second kappa shape index (κ2) is 5.03. The maximum atomic E-state index is 11.7. The smallest absolute Gasteiger partial charge is 0.272 e. The van der Waals surface area contributed by atoms with E-state index in [1.807, 2.05) is 0 Å². The third-order valence-electron chi connectivity index (χ3n) is 2.72. The van der Waals surface area contributed by atoms with Crippen molar-refractivity contribution in [2.24, 2.45) is 13.0 Å². The molecule has 2 amide bonds. The first kappa shape index (κ1) is 12.3. The highest BCUT2D eigenvalue weighted by molar-refractivity contribution is 5.96. The van der Waals surface area contributed by atoms with Crippen LogP contribution in [0.15, 0.2) is 18.7 Å². The molecule has 1 saturated carbocycles. The first-order chi connectivity index (χ1) is 8.61. The molecule has 96 valence electrons. The lowest BCUT2D eigenvalue weighted by Crippen LogP contribution is -2.23. The van der Waals surface area contributed by atoms with E-state index in [-0.39, 0.29) is 23.4 Å². The number of carbonyl (C=O) groups is 2. The van der Waals surface area contributed by atoms with Crippen molar-refractivity contribution < 1.29 is 9.59 Å². The Hall–Kier alpha value is -2.11. The summed E-state index contributed by atoms with van der Waals surface area (Å²) in [4.78, 5) is 23.3. The largest absolute Gasteiger partial charge is 0.347 e. The number of nitrogens with one attached hydrogen (secondary N) is 2. The molecule has 1 aliphatic rings. The number of hydrogen-bond donors (Lipinski definition) is 2. The third-order valence-corrected chi connectivity index (χ3v) is 2.72. The first-order valence-electron chi connectivity index (χ1n) is 5.86. The minimum atomic E-state index is -0.280. The molecular weight excluding hydrogens is 232 g/mol. The molecule has 0 unspecified atom stereocenters. The molecule has 0 radical (unpaired) electrons. The van der Waals surface area contributed by atoms with Gasteiger partial charge in [0.15, 0.2) is 5.69 Å². The van der Waals surface area contributed by atoms with Gasteiger partial charge in [-0.1, -0.05) is 6.08 Å². The number of rotatable bonds is 5. The summed E-state index contributed by atoms with van der Waals surface area (Å²) in [5.74, 6) is 0.377. The van der Waals surface area contributed by atoms with Crippen LogP contribution in [0.1, 0.15) is 23.3 Å². The zero-order valence-corrected chi connectivity index (χ0v) is 10.3. The summed E-state index contributed by atoms with van der Waals surface area (Å²) in [6.07, 6.45) is 3.48. The van der Waals surface area contributed by atoms with Crippen molar-refractivity contribution in [3.63, 3.8) is 0 Å². The summed E-state index contributed by atoms with van der Waals surface area (Å²) in [5, 5.41) is 9.45. The fourth-order valence-corrected chi connectivity index (χ4v) is 1.52. The lowest BCUT2D eigenvalue weighted by molar-refractivity contribution is -0.117. The van der Waals surface area contributed by atoms with Crippen molar-refractivity contribution >= 4 is 17.6 Å². The molecule has 2 N–H and O–H groups in total. The predicted octanol–water partition coefficient (Wildman–Crippen LogP) is 0.684. The van der Waals surface area contributed by atoms with Gasteiger partial charge in [-0.3, -0.25) is 14.3 Å². The molecule has 0 saturated heterocycles. The van der Waals surface area contributed by atoms with Gasteiger partial charge in [0.05, 0.1) is 0 Å². The number of nitrogens with zero attached hydrogens (tertiary/aromatic N) is 2. The van der Waals surface area contributed by atoms with E-state index in [1.54, 1.807) is 19.2 Å². The summed E-state index contributed by atoms with van der Waals surface area (Å²) in [7, 11) is 1.69. The van der Waals surface area contributed by atoms with Gasteiger partial charge in [-0.15, -0.1) is 6.58 Å². The van der Waals surface area contributed by atoms with Crippen molar-refractivity contribution in [2.45, 2.75) is 12.8 Å². The van der Waals surface area contributed by atoms with Crippen molar-refractivity contribution in [3.05, 3.63) is 24.4 Å². The number of aromatic nitrogens is 2. The van der Waals surface area contributed by atoms with Crippen molar-refractivity contribution in [1.82, 2.24) is 15.1 Å². The van der Waals surface area contributed by atoms with Gasteiger partial charge >= 0.3 is 0 Å². The molecule has 6 heteroatoms. The maximum Gasteiger partial charge on any atom is 0.272 e. The summed E-state index contributed by atoms with van der Waals surface area (Å²) in [6, 6.07) is 1.57. The van der Waals surface area contributed by atoms with Crippen LogP contribution in [0.3, 0.4) is 0 Å². The molecule has 2 rings (SSSR count). The van der Waals surface area contributed by atoms with E-state index < -0.39 is 0 Å². The van der Waals surface area contributed by atoms with Gasteiger partial charge in [0.1, 0.15) is 5.82 Å². The van der Waals surface area contributed by atoms with Crippen LogP contribution in [0.5, 0.6) is 0 Å².